The first-order chi connectivity index (χ1) is 9.22. The van der Waals surface area contributed by atoms with Gasteiger partial charge in [-0.15, -0.1) is 11.8 Å². The standard InChI is InChI=1S/C15H19NS3/c1-10(2)7-14-17-15(19-18-14)8-11-9-16-13-6-4-3-5-12(11)13/h3-6,9-10,14-16H,7-8H2,1-2H3. The minimum Gasteiger partial charge on any atom is -0.361 e. The van der Waals surface area contributed by atoms with Gasteiger partial charge in [-0.1, -0.05) is 53.6 Å². The van der Waals surface area contributed by atoms with Gasteiger partial charge >= 0.3 is 0 Å². The zero-order chi connectivity index (χ0) is 13.2. The molecule has 0 spiro atoms. The third-order valence-electron chi connectivity index (χ3n) is 3.30. The van der Waals surface area contributed by atoms with Crippen molar-refractivity contribution in [1.82, 2.24) is 4.98 Å². The fraction of sp³-hybridized carbons (Fsp3) is 0.467. The number of aromatic nitrogens is 1. The highest BCUT2D eigenvalue weighted by atomic mass is 33.1. The second-order valence-electron chi connectivity index (χ2n) is 5.38. The topological polar surface area (TPSA) is 15.8 Å². The molecule has 1 nitrogen and oxygen atoms in total. The molecule has 2 atom stereocenters. The first-order valence-electron chi connectivity index (χ1n) is 6.75. The van der Waals surface area contributed by atoms with Crippen molar-refractivity contribution in [1.29, 1.82) is 0 Å². The number of benzene rings is 1. The van der Waals surface area contributed by atoms with Gasteiger partial charge in [0.25, 0.3) is 0 Å². The molecule has 1 fully saturated rings. The van der Waals surface area contributed by atoms with Gasteiger partial charge in [-0.25, -0.2) is 0 Å². The summed E-state index contributed by atoms with van der Waals surface area (Å²) in [6.45, 7) is 4.64. The van der Waals surface area contributed by atoms with Crippen molar-refractivity contribution < 1.29 is 0 Å². The molecule has 19 heavy (non-hydrogen) atoms. The fourth-order valence-electron chi connectivity index (χ4n) is 2.38. The molecule has 1 aliphatic heterocycles. The maximum absolute atomic E-state index is 3.38. The Balaban J connectivity index is 1.66. The SMILES string of the molecule is CC(C)CC1SSC(Cc2c[nH]c3ccccc23)S1. The Morgan fingerprint density at radius 1 is 1.16 bits per heavy atom. The number of hydrogen-bond acceptors (Lipinski definition) is 3. The lowest BCUT2D eigenvalue weighted by atomic mass is 10.1. The quantitative estimate of drug-likeness (QED) is 0.747. The van der Waals surface area contributed by atoms with E-state index in [0.717, 1.165) is 10.5 Å². The molecule has 4 heteroatoms. The van der Waals surface area contributed by atoms with Gasteiger partial charge in [0, 0.05) is 17.1 Å². The van der Waals surface area contributed by atoms with Crippen LogP contribution in [-0.2, 0) is 6.42 Å². The van der Waals surface area contributed by atoms with Crippen LogP contribution in [0.25, 0.3) is 10.9 Å². The fourth-order valence-corrected chi connectivity index (χ4v) is 8.64. The summed E-state index contributed by atoms with van der Waals surface area (Å²) in [5.41, 5.74) is 2.73. The van der Waals surface area contributed by atoms with E-state index in [1.807, 2.05) is 0 Å². The van der Waals surface area contributed by atoms with Gasteiger partial charge in [-0.05, 0) is 30.4 Å². The van der Waals surface area contributed by atoms with Crippen molar-refractivity contribution in [3.05, 3.63) is 36.0 Å². The van der Waals surface area contributed by atoms with Gasteiger partial charge in [0.2, 0.25) is 0 Å². The van der Waals surface area contributed by atoms with Gasteiger partial charge in [0.15, 0.2) is 0 Å². The number of fused-ring (bicyclic) bond motifs is 1. The van der Waals surface area contributed by atoms with Crippen molar-refractivity contribution in [3.63, 3.8) is 0 Å². The van der Waals surface area contributed by atoms with E-state index < -0.39 is 0 Å². The molecule has 2 aromatic rings. The molecule has 0 bridgehead atoms. The summed E-state index contributed by atoms with van der Waals surface area (Å²) in [6, 6.07) is 8.61. The van der Waals surface area contributed by atoms with E-state index >= 15 is 0 Å². The largest absolute Gasteiger partial charge is 0.361 e. The average Bonchev–Trinajstić information content (AvgIpc) is 2.97. The second-order valence-corrected chi connectivity index (χ2v) is 10.1. The zero-order valence-electron chi connectivity index (χ0n) is 11.3. The Labute approximate surface area is 127 Å². The number of nitrogens with one attached hydrogen (secondary N) is 1. The predicted octanol–water partition coefficient (Wildman–Crippen LogP) is 5.54. The lowest BCUT2D eigenvalue weighted by molar-refractivity contribution is 0.621. The highest BCUT2D eigenvalue weighted by Gasteiger charge is 2.28. The molecule has 0 aliphatic carbocycles. The first-order valence-corrected chi connectivity index (χ1v) is 9.97. The number of H-pyrrole nitrogens is 1. The van der Waals surface area contributed by atoms with Crippen LogP contribution in [0.5, 0.6) is 0 Å². The smallest absolute Gasteiger partial charge is 0.0658 e. The van der Waals surface area contributed by atoms with Gasteiger partial charge in [-0.2, -0.15) is 0 Å². The lowest BCUT2D eigenvalue weighted by Gasteiger charge is -2.10. The summed E-state index contributed by atoms with van der Waals surface area (Å²) in [5.74, 6) is 0.803. The van der Waals surface area contributed by atoms with Crippen LogP contribution in [0.2, 0.25) is 0 Å². The normalized spacial score (nSPS) is 23.5. The number of rotatable bonds is 4. The van der Waals surface area contributed by atoms with Crippen LogP contribution in [0, 0.1) is 5.92 Å². The van der Waals surface area contributed by atoms with Crippen LogP contribution >= 0.6 is 33.3 Å². The van der Waals surface area contributed by atoms with E-state index in [4.69, 9.17) is 0 Å². The van der Waals surface area contributed by atoms with Gasteiger partial charge < -0.3 is 4.98 Å². The number of aromatic amines is 1. The predicted molar refractivity (Wildman–Crippen MR) is 91.8 cm³/mol. The Kier molecular flexibility index (Phi) is 4.40. The van der Waals surface area contributed by atoms with Crippen LogP contribution in [0.4, 0.5) is 0 Å². The molecule has 0 radical (unpaired) electrons. The van der Waals surface area contributed by atoms with E-state index in [-0.39, 0.29) is 0 Å². The Morgan fingerprint density at radius 3 is 2.79 bits per heavy atom. The molecule has 1 aromatic heterocycles. The molecule has 0 amide bonds. The minimum atomic E-state index is 0.702. The van der Waals surface area contributed by atoms with Crippen molar-refractivity contribution in [2.45, 2.75) is 35.9 Å². The molecule has 1 saturated heterocycles. The summed E-state index contributed by atoms with van der Waals surface area (Å²) >= 11 is 2.16. The molecule has 102 valence electrons. The maximum Gasteiger partial charge on any atom is 0.0658 e. The third-order valence-corrected chi connectivity index (χ3v) is 8.87. The van der Waals surface area contributed by atoms with Crippen molar-refractivity contribution in [2.24, 2.45) is 5.92 Å². The Morgan fingerprint density at radius 2 is 1.95 bits per heavy atom. The van der Waals surface area contributed by atoms with Gasteiger partial charge in [0.1, 0.15) is 0 Å². The third kappa shape index (κ3) is 3.29. The molecule has 3 rings (SSSR count). The van der Waals surface area contributed by atoms with E-state index in [9.17, 15) is 0 Å². The summed E-state index contributed by atoms with van der Waals surface area (Å²) in [7, 11) is 4.14. The molecule has 2 unspecified atom stereocenters. The number of para-hydroxylation sites is 1. The molecular formula is C15H19NS3. The number of hydrogen-bond donors (Lipinski definition) is 1. The molecule has 1 aromatic carbocycles. The van der Waals surface area contributed by atoms with Crippen LogP contribution in [0.15, 0.2) is 30.5 Å². The lowest BCUT2D eigenvalue weighted by Crippen LogP contribution is -2.02. The molecule has 2 heterocycles. The van der Waals surface area contributed by atoms with Crippen LogP contribution < -0.4 is 0 Å². The summed E-state index contributed by atoms with van der Waals surface area (Å²) in [6.07, 6.45) is 4.68. The summed E-state index contributed by atoms with van der Waals surface area (Å²) < 4.78 is 1.48. The highest BCUT2D eigenvalue weighted by Crippen LogP contribution is 2.54. The van der Waals surface area contributed by atoms with Crippen LogP contribution in [-0.4, -0.2) is 14.1 Å². The van der Waals surface area contributed by atoms with E-state index in [0.29, 0.717) is 4.58 Å². The Bertz CT molecular complexity index is 549. The summed E-state index contributed by atoms with van der Waals surface area (Å²) in [4.78, 5) is 3.38. The zero-order valence-corrected chi connectivity index (χ0v) is 13.7. The minimum absolute atomic E-state index is 0.702. The van der Waals surface area contributed by atoms with Crippen molar-refractivity contribution in [2.75, 3.05) is 0 Å². The van der Waals surface area contributed by atoms with Gasteiger partial charge in [-0.3, -0.25) is 0 Å². The molecule has 1 N–H and O–H groups in total. The van der Waals surface area contributed by atoms with E-state index in [2.05, 4.69) is 82.6 Å². The van der Waals surface area contributed by atoms with Crippen molar-refractivity contribution >= 4 is 44.3 Å². The molecular weight excluding hydrogens is 290 g/mol. The van der Waals surface area contributed by atoms with Crippen LogP contribution in [0.3, 0.4) is 0 Å². The average molecular weight is 310 g/mol. The van der Waals surface area contributed by atoms with Crippen molar-refractivity contribution in [3.8, 4) is 0 Å². The maximum atomic E-state index is 3.38. The Hall–Kier alpha value is -0.190. The molecule has 0 saturated carbocycles. The summed E-state index contributed by atoms with van der Waals surface area (Å²) in [5, 5.41) is 1.39. The molecule has 1 aliphatic rings. The monoisotopic (exact) mass is 309 g/mol. The van der Waals surface area contributed by atoms with E-state index in [1.54, 1.807) is 0 Å². The second kappa shape index (κ2) is 6.06. The van der Waals surface area contributed by atoms with E-state index in [1.165, 1.54) is 29.3 Å². The van der Waals surface area contributed by atoms with Crippen LogP contribution in [0.1, 0.15) is 25.8 Å². The highest BCUT2D eigenvalue weighted by molar-refractivity contribution is 8.82. The van der Waals surface area contributed by atoms with Gasteiger partial charge in [0.05, 0.1) is 9.16 Å². The number of thioether (sulfide) groups is 1. The first kappa shape index (κ1) is 13.8.